The van der Waals surface area contributed by atoms with Gasteiger partial charge in [0.05, 0.1) is 11.6 Å². The molecule has 1 atom stereocenters. The summed E-state index contributed by atoms with van der Waals surface area (Å²) in [6.07, 6.45) is 3.46. The average Bonchev–Trinajstić information content (AvgIpc) is 3.54. The molecule has 3 aromatic rings. The monoisotopic (exact) mass is 472 g/mol. The van der Waals surface area contributed by atoms with Crippen molar-refractivity contribution < 1.29 is 9.36 Å². The zero-order chi connectivity index (χ0) is 24.6. The van der Waals surface area contributed by atoms with Gasteiger partial charge in [0.25, 0.3) is 0 Å². The normalized spacial score (nSPS) is 21.1. The molecule has 5 rings (SSSR count). The van der Waals surface area contributed by atoms with Gasteiger partial charge in [-0.1, -0.05) is 80.5 Å². The molecule has 6 heteroatoms. The molecule has 0 bridgehead atoms. The fourth-order valence-corrected chi connectivity index (χ4v) is 5.23. The Hall–Kier alpha value is -2.99. The van der Waals surface area contributed by atoms with Gasteiger partial charge in [0.2, 0.25) is 11.7 Å². The molecule has 184 valence electrons. The van der Waals surface area contributed by atoms with E-state index >= 15 is 0 Å². The number of oxime groups is 1. The number of aromatic nitrogens is 2. The molecule has 0 radical (unpaired) electrons. The van der Waals surface area contributed by atoms with Crippen LogP contribution in [0.4, 0.5) is 0 Å². The van der Waals surface area contributed by atoms with Crippen LogP contribution in [0, 0.1) is 0 Å². The Labute approximate surface area is 208 Å². The topological polar surface area (TPSA) is 72.5 Å². The van der Waals surface area contributed by atoms with Crippen LogP contribution in [0.3, 0.4) is 0 Å². The number of nitrogens with zero attached hydrogens (tertiary/aromatic N) is 3. The Morgan fingerprint density at radius 2 is 1.80 bits per heavy atom. The van der Waals surface area contributed by atoms with E-state index < -0.39 is 0 Å². The van der Waals surface area contributed by atoms with Gasteiger partial charge in [-0.05, 0) is 65.8 Å². The maximum Gasteiger partial charge on any atom is 0.231 e. The molecule has 0 amide bonds. The van der Waals surface area contributed by atoms with Crippen LogP contribution >= 0.6 is 0 Å². The zero-order valence-corrected chi connectivity index (χ0v) is 21.5. The van der Waals surface area contributed by atoms with E-state index in [1.807, 2.05) is 31.2 Å². The van der Waals surface area contributed by atoms with Gasteiger partial charge in [0.1, 0.15) is 6.61 Å². The van der Waals surface area contributed by atoms with Crippen molar-refractivity contribution in [3.8, 4) is 11.4 Å². The van der Waals surface area contributed by atoms with E-state index in [-0.39, 0.29) is 10.8 Å². The molecule has 0 spiro atoms. The fraction of sp³-hybridized carbons (Fsp3) is 0.483. The van der Waals surface area contributed by atoms with Crippen molar-refractivity contribution in [1.82, 2.24) is 15.5 Å². The minimum absolute atomic E-state index is 0.190. The van der Waals surface area contributed by atoms with Gasteiger partial charge < -0.3 is 14.7 Å². The average molecular weight is 473 g/mol. The van der Waals surface area contributed by atoms with E-state index in [9.17, 15) is 0 Å². The number of hydrogen-bond donors (Lipinski definition) is 1. The van der Waals surface area contributed by atoms with E-state index in [1.54, 1.807) is 0 Å². The third-order valence-corrected chi connectivity index (χ3v) is 7.76. The Balaban J connectivity index is 1.24. The first kappa shape index (κ1) is 23.7. The first-order chi connectivity index (χ1) is 16.7. The molecule has 1 aliphatic carbocycles. The summed E-state index contributed by atoms with van der Waals surface area (Å²) in [5, 5.41) is 11.9. The van der Waals surface area contributed by atoms with Gasteiger partial charge in [-0.15, -0.1) is 0 Å². The molecule has 6 nitrogen and oxygen atoms in total. The molecular formula is C29H36N4O2. The van der Waals surface area contributed by atoms with Gasteiger partial charge in [0.15, 0.2) is 0 Å². The van der Waals surface area contributed by atoms with Crippen molar-refractivity contribution in [2.45, 2.75) is 77.2 Å². The largest absolute Gasteiger partial charge is 0.391 e. The highest BCUT2D eigenvalue weighted by Gasteiger charge is 2.36. The van der Waals surface area contributed by atoms with Gasteiger partial charge in [-0.25, -0.2) is 0 Å². The molecule has 1 saturated heterocycles. The zero-order valence-electron chi connectivity index (χ0n) is 21.5. The molecule has 0 unspecified atom stereocenters. The number of nitrogens with one attached hydrogen (secondary N) is 1. The lowest BCUT2D eigenvalue weighted by Crippen LogP contribution is -2.33. The Morgan fingerprint density at radius 1 is 1.06 bits per heavy atom. The predicted octanol–water partition coefficient (Wildman–Crippen LogP) is 6.10. The van der Waals surface area contributed by atoms with Crippen LogP contribution in [0.5, 0.6) is 0 Å². The Bertz CT molecular complexity index is 1220. The SMILES string of the molecule is CC(=NOCc1ccc2c(c1)C(C)(C)CCC2(C)C)c1ccc(-c2noc([C@@H]3CCNC3)n2)cc1. The van der Waals surface area contributed by atoms with E-state index in [1.165, 1.54) is 24.0 Å². The molecule has 1 aromatic heterocycles. The van der Waals surface area contributed by atoms with Crippen molar-refractivity contribution in [3.05, 3.63) is 70.6 Å². The molecule has 35 heavy (non-hydrogen) atoms. The quantitative estimate of drug-likeness (QED) is 0.346. The number of benzene rings is 2. The summed E-state index contributed by atoms with van der Waals surface area (Å²) in [7, 11) is 0. The lowest BCUT2D eigenvalue weighted by atomic mass is 9.63. The van der Waals surface area contributed by atoms with Crippen LogP contribution in [-0.2, 0) is 22.3 Å². The maximum atomic E-state index is 5.76. The second kappa shape index (κ2) is 9.23. The van der Waals surface area contributed by atoms with Crippen LogP contribution in [0.2, 0.25) is 0 Å². The lowest BCUT2D eigenvalue weighted by molar-refractivity contribution is 0.130. The molecule has 1 aliphatic heterocycles. The third-order valence-electron chi connectivity index (χ3n) is 7.76. The lowest BCUT2D eigenvalue weighted by Gasteiger charge is -2.42. The van der Waals surface area contributed by atoms with E-state index in [0.717, 1.165) is 41.9 Å². The summed E-state index contributed by atoms with van der Waals surface area (Å²) in [6.45, 7) is 13.7. The van der Waals surface area contributed by atoms with Gasteiger partial charge >= 0.3 is 0 Å². The number of fused-ring (bicyclic) bond motifs is 1. The van der Waals surface area contributed by atoms with Crippen molar-refractivity contribution in [2.75, 3.05) is 13.1 Å². The number of hydrogen-bond acceptors (Lipinski definition) is 6. The Kier molecular flexibility index (Phi) is 6.26. The first-order valence-corrected chi connectivity index (χ1v) is 12.7. The summed E-state index contributed by atoms with van der Waals surface area (Å²) in [5.74, 6) is 1.66. The van der Waals surface area contributed by atoms with Crippen molar-refractivity contribution >= 4 is 5.71 Å². The van der Waals surface area contributed by atoms with Crippen LogP contribution in [0.25, 0.3) is 11.4 Å². The second-order valence-electron chi connectivity index (χ2n) is 11.3. The van der Waals surface area contributed by atoms with E-state index in [2.05, 4.69) is 66.5 Å². The summed E-state index contributed by atoms with van der Waals surface area (Å²) in [4.78, 5) is 10.4. The van der Waals surface area contributed by atoms with Crippen molar-refractivity contribution in [2.24, 2.45) is 5.16 Å². The highest BCUT2D eigenvalue weighted by Crippen LogP contribution is 2.45. The van der Waals surface area contributed by atoms with Crippen LogP contribution < -0.4 is 5.32 Å². The van der Waals surface area contributed by atoms with E-state index in [4.69, 9.17) is 9.36 Å². The predicted molar refractivity (Wildman–Crippen MR) is 139 cm³/mol. The summed E-state index contributed by atoms with van der Waals surface area (Å²) < 4.78 is 5.49. The molecule has 2 aliphatic rings. The summed E-state index contributed by atoms with van der Waals surface area (Å²) in [5.41, 5.74) is 7.25. The van der Waals surface area contributed by atoms with Crippen LogP contribution in [0.1, 0.15) is 87.9 Å². The van der Waals surface area contributed by atoms with Crippen molar-refractivity contribution in [1.29, 1.82) is 0 Å². The van der Waals surface area contributed by atoms with Crippen LogP contribution in [-0.4, -0.2) is 28.9 Å². The molecular weight excluding hydrogens is 436 g/mol. The molecule has 2 heterocycles. The second-order valence-corrected chi connectivity index (χ2v) is 11.3. The Morgan fingerprint density at radius 3 is 2.51 bits per heavy atom. The smallest absolute Gasteiger partial charge is 0.231 e. The standard InChI is InChI=1S/C29H36N4O2/c1-19(21-7-9-22(10-8-21)26-31-27(35-33-26)23-12-15-30-17-23)32-34-18-20-6-11-24-25(16-20)29(4,5)14-13-28(24,2)3/h6-11,16,23,30H,12-15,17-18H2,1-5H3/t23-/m1/s1. The van der Waals surface area contributed by atoms with Gasteiger partial charge in [0, 0.05) is 12.1 Å². The van der Waals surface area contributed by atoms with Crippen LogP contribution in [0.15, 0.2) is 52.1 Å². The molecule has 0 saturated carbocycles. The molecule has 1 fully saturated rings. The van der Waals surface area contributed by atoms with Gasteiger partial charge in [-0.2, -0.15) is 4.98 Å². The number of rotatable bonds is 6. The third kappa shape index (κ3) is 4.90. The van der Waals surface area contributed by atoms with Crippen molar-refractivity contribution in [3.63, 3.8) is 0 Å². The highest BCUT2D eigenvalue weighted by atomic mass is 16.6. The fourth-order valence-electron chi connectivity index (χ4n) is 5.23. The molecule has 2 aromatic carbocycles. The van der Waals surface area contributed by atoms with Gasteiger partial charge in [-0.3, -0.25) is 0 Å². The minimum atomic E-state index is 0.190. The summed E-state index contributed by atoms with van der Waals surface area (Å²) >= 11 is 0. The highest BCUT2D eigenvalue weighted by molar-refractivity contribution is 5.98. The first-order valence-electron chi connectivity index (χ1n) is 12.7. The summed E-state index contributed by atoms with van der Waals surface area (Å²) in [6, 6.07) is 14.8. The molecule has 1 N–H and O–H groups in total. The minimum Gasteiger partial charge on any atom is -0.391 e. The maximum absolute atomic E-state index is 5.76. The van der Waals surface area contributed by atoms with E-state index in [0.29, 0.717) is 24.2 Å².